The number of ether oxygens (including phenoxy) is 1. The van der Waals surface area contributed by atoms with Crippen molar-refractivity contribution < 1.29 is 4.74 Å². The Labute approximate surface area is 75.7 Å². The highest BCUT2D eigenvalue weighted by molar-refractivity contribution is 4.68. The fourth-order valence-corrected chi connectivity index (χ4v) is 0.844. The molecule has 0 amide bonds. The minimum atomic E-state index is -0.00425. The van der Waals surface area contributed by atoms with E-state index in [9.17, 15) is 0 Å². The molecular weight excluding hydrogens is 152 g/mol. The Morgan fingerprint density at radius 3 is 2.50 bits per heavy atom. The molecule has 3 heteroatoms. The van der Waals surface area contributed by atoms with Gasteiger partial charge in [-0.2, -0.15) is 0 Å². The van der Waals surface area contributed by atoms with E-state index >= 15 is 0 Å². The standard InChI is InChI=1S/C9H22N2O/c1-9(2,12-3)5-8-11-7-4-6-10/h11H,4-8,10H2,1-3H3. The summed E-state index contributed by atoms with van der Waals surface area (Å²) in [5.74, 6) is 0. The summed E-state index contributed by atoms with van der Waals surface area (Å²) in [4.78, 5) is 0. The number of hydrogen-bond donors (Lipinski definition) is 2. The van der Waals surface area contributed by atoms with Crippen molar-refractivity contribution >= 4 is 0 Å². The summed E-state index contributed by atoms with van der Waals surface area (Å²) in [6, 6.07) is 0. The normalized spacial score (nSPS) is 12.0. The van der Waals surface area contributed by atoms with Gasteiger partial charge >= 0.3 is 0 Å². The monoisotopic (exact) mass is 174 g/mol. The van der Waals surface area contributed by atoms with Crippen LogP contribution in [0, 0.1) is 0 Å². The van der Waals surface area contributed by atoms with Crippen LogP contribution in [0.3, 0.4) is 0 Å². The highest BCUT2D eigenvalue weighted by atomic mass is 16.5. The van der Waals surface area contributed by atoms with Gasteiger partial charge in [0.1, 0.15) is 0 Å². The highest BCUT2D eigenvalue weighted by Gasteiger charge is 2.14. The van der Waals surface area contributed by atoms with Crippen molar-refractivity contribution in [3.63, 3.8) is 0 Å². The van der Waals surface area contributed by atoms with Crippen molar-refractivity contribution in [3.05, 3.63) is 0 Å². The van der Waals surface area contributed by atoms with E-state index in [-0.39, 0.29) is 5.60 Å². The summed E-state index contributed by atoms with van der Waals surface area (Å²) < 4.78 is 5.28. The lowest BCUT2D eigenvalue weighted by molar-refractivity contribution is 0.0159. The zero-order chi connectivity index (χ0) is 9.45. The van der Waals surface area contributed by atoms with Gasteiger partial charge in [-0.1, -0.05) is 0 Å². The Morgan fingerprint density at radius 2 is 2.00 bits per heavy atom. The van der Waals surface area contributed by atoms with Crippen molar-refractivity contribution in [1.29, 1.82) is 0 Å². The number of hydrogen-bond acceptors (Lipinski definition) is 3. The lowest BCUT2D eigenvalue weighted by Gasteiger charge is -2.22. The van der Waals surface area contributed by atoms with Gasteiger partial charge in [0, 0.05) is 7.11 Å². The van der Waals surface area contributed by atoms with Gasteiger partial charge in [-0.3, -0.25) is 0 Å². The van der Waals surface area contributed by atoms with E-state index in [1.54, 1.807) is 7.11 Å². The molecular formula is C9H22N2O. The van der Waals surface area contributed by atoms with Crippen molar-refractivity contribution in [2.24, 2.45) is 5.73 Å². The minimum Gasteiger partial charge on any atom is -0.379 e. The van der Waals surface area contributed by atoms with Crippen LogP contribution in [0.1, 0.15) is 26.7 Å². The second-order valence-electron chi connectivity index (χ2n) is 3.61. The molecule has 0 saturated carbocycles. The van der Waals surface area contributed by atoms with Crippen LogP contribution in [-0.4, -0.2) is 32.3 Å². The molecule has 3 nitrogen and oxygen atoms in total. The third-order valence-electron chi connectivity index (χ3n) is 2.01. The zero-order valence-corrected chi connectivity index (χ0v) is 8.52. The quantitative estimate of drug-likeness (QED) is 0.560. The van der Waals surface area contributed by atoms with Gasteiger partial charge in [-0.05, 0) is 46.3 Å². The Hall–Kier alpha value is -0.120. The second-order valence-corrected chi connectivity index (χ2v) is 3.61. The first-order chi connectivity index (χ1) is 5.62. The average Bonchev–Trinajstić information content (AvgIpc) is 2.04. The SMILES string of the molecule is COC(C)(C)CCNCCCN. The van der Waals surface area contributed by atoms with Gasteiger partial charge in [-0.25, -0.2) is 0 Å². The third-order valence-corrected chi connectivity index (χ3v) is 2.01. The fraction of sp³-hybridized carbons (Fsp3) is 1.00. The Kier molecular flexibility index (Phi) is 6.34. The summed E-state index contributed by atoms with van der Waals surface area (Å²) in [7, 11) is 1.75. The fourth-order valence-electron chi connectivity index (χ4n) is 0.844. The second kappa shape index (κ2) is 6.40. The largest absolute Gasteiger partial charge is 0.379 e. The maximum absolute atomic E-state index is 5.36. The Balaban J connectivity index is 3.19. The van der Waals surface area contributed by atoms with Crippen LogP contribution in [0.15, 0.2) is 0 Å². The van der Waals surface area contributed by atoms with Gasteiger partial charge in [0.25, 0.3) is 0 Å². The average molecular weight is 174 g/mol. The first-order valence-electron chi connectivity index (χ1n) is 4.58. The lowest BCUT2D eigenvalue weighted by atomic mass is 10.1. The smallest absolute Gasteiger partial charge is 0.0634 e. The van der Waals surface area contributed by atoms with Crippen molar-refractivity contribution in [2.75, 3.05) is 26.7 Å². The molecule has 0 heterocycles. The van der Waals surface area contributed by atoms with Crippen LogP contribution in [-0.2, 0) is 4.74 Å². The minimum absolute atomic E-state index is 0.00425. The van der Waals surface area contributed by atoms with Crippen LogP contribution < -0.4 is 11.1 Å². The molecule has 0 rings (SSSR count). The number of rotatable bonds is 7. The molecule has 0 bridgehead atoms. The lowest BCUT2D eigenvalue weighted by Crippen LogP contribution is -2.29. The molecule has 0 aromatic carbocycles. The first kappa shape index (κ1) is 11.9. The van der Waals surface area contributed by atoms with Crippen molar-refractivity contribution in [1.82, 2.24) is 5.32 Å². The maximum atomic E-state index is 5.36. The summed E-state index contributed by atoms with van der Waals surface area (Å²) in [5.41, 5.74) is 5.35. The predicted molar refractivity (Wildman–Crippen MR) is 52.2 cm³/mol. The summed E-state index contributed by atoms with van der Waals surface area (Å²) >= 11 is 0. The number of methoxy groups -OCH3 is 1. The van der Waals surface area contributed by atoms with Gasteiger partial charge in [0.2, 0.25) is 0 Å². The molecule has 0 fully saturated rings. The van der Waals surface area contributed by atoms with Crippen LogP contribution in [0.4, 0.5) is 0 Å². The van der Waals surface area contributed by atoms with Gasteiger partial charge in [0.05, 0.1) is 5.60 Å². The summed E-state index contributed by atoms with van der Waals surface area (Å²) in [5, 5.41) is 3.32. The molecule has 0 aliphatic heterocycles. The molecule has 3 N–H and O–H groups in total. The molecule has 0 saturated heterocycles. The van der Waals surface area contributed by atoms with Crippen LogP contribution in [0.25, 0.3) is 0 Å². The van der Waals surface area contributed by atoms with E-state index in [2.05, 4.69) is 19.2 Å². The molecule has 0 aromatic rings. The predicted octanol–water partition coefficient (Wildman–Crippen LogP) is 0.740. The van der Waals surface area contributed by atoms with E-state index < -0.39 is 0 Å². The molecule has 0 atom stereocenters. The van der Waals surface area contributed by atoms with Gasteiger partial charge in [0.15, 0.2) is 0 Å². The maximum Gasteiger partial charge on any atom is 0.0634 e. The number of nitrogens with one attached hydrogen (secondary N) is 1. The third kappa shape index (κ3) is 6.58. The topological polar surface area (TPSA) is 47.3 Å². The van der Waals surface area contributed by atoms with E-state index in [1.807, 2.05) is 0 Å². The summed E-state index contributed by atoms with van der Waals surface area (Å²) in [6.07, 6.45) is 2.08. The zero-order valence-electron chi connectivity index (χ0n) is 8.52. The molecule has 0 aliphatic carbocycles. The van der Waals surface area contributed by atoms with Gasteiger partial charge < -0.3 is 15.8 Å². The van der Waals surface area contributed by atoms with E-state index in [0.717, 1.165) is 32.5 Å². The Morgan fingerprint density at radius 1 is 1.33 bits per heavy atom. The molecule has 0 unspecified atom stereocenters. The van der Waals surface area contributed by atoms with E-state index in [1.165, 1.54) is 0 Å². The molecule has 0 aliphatic rings. The number of nitrogens with two attached hydrogens (primary N) is 1. The molecule has 0 aromatic heterocycles. The van der Waals surface area contributed by atoms with E-state index in [0.29, 0.717) is 0 Å². The Bertz CT molecular complexity index is 105. The molecule has 0 radical (unpaired) electrons. The highest BCUT2D eigenvalue weighted by Crippen LogP contribution is 2.10. The molecule has 0 spiro atoms. The van der Waals surface area contributed by atoms with Crippen LogP contribution in [0.5, 0.6) is 0 Å². The van der Waals surface area contributed by atoms with E-state index in [4.69, 9.17) is 10.5 Å². The van der Waals surface area contributed by atoms with Crippen molar-refractivity contribution in [2.45, 2.75) is 32.3 Å². The molecule has 74 valence electrons. The van der Waals surface area contributed by atoms with Crippen LogP contribution >= 0.6 is 0 Å². The molecule has 12 heavy (non-hydrogen) atoms. The summed E-state index contributed by atoms with van der Waals surface area (Å²) in [6.45, 7) is 6.97. The van der Waals surface area contributed by atoms with Crippen molar-refractivity contribution in [3.8, 4) is 0 Å². The van der Waals surface area contributed by atoms with Gasteiger partial charge in [-0.15, -0.1) is 0 Å². The van der Waals surface area contributed by atoms with Crippen LogP contribution in [0.2, 0.25) is 0 Å². The first-order valence-corrected chi connectivity index (χ1v) is 4.58.